The molecule has 3 aliphatic rings. The number of hydrogen-bond acceptors (Lipinski definition) is 5. The Hall–Kier alpha value is -2.03. The van der Waals surface area contributed by atoms with Gasteiger partial charge >= 0.3 is 0 Å². The lowest BCUT2D eigenvalue weighted by atomic mass is 9.84. The summed E-state index contributed by atoms with van der Waals surface area (Å²) in [6.45, 7) is 2.94. The van der Waals surface area contributed by atoms with E-state index in [0.29, 0.717) is 38.8 Å². The van der Waals surface area contributed by atoms with Crippen molar-refractivity contribution in [2.24, 2.45) is 11.8 Å². The first kappa shape index (κ1) is 22.2. The zero-order valence-electron chi connectivity index (χ0n) is 18.0. The monoisotopic (exact) mass is 433 g/mol. The predicted molar refractivity (Wildman–Crippen MR) is 113 cm³/mol. The van der Waals surface area contributed by atoms with E-state index in [1.165, 1.54) is 12.1 Å². The van der Waals surface area contributed by atoms with Gasteiger partial charge in [-0.05, 0) is 36.5 Å². The van der Waals surface area contributed by atoms with Crippen molar-refractivity contribution in [1.82, 2.24) is 15.5 Å². The highest BCUT2D eigenvalue weighted by molar-refractivity contribution is 5.77. The van der Waals surface area contributed by atoms with Crippen LogP contribution in [0.15, 0.2) is 24.3 Å². The number of rotatable bonds is 10. The van der Waals surface area contributed by atoms with Gasteiger partial charge in [-0.15, -0.1) is 0 Å². The van der Waals surface area contributed by atoms with Crippen molar-refractivity contribution in [2.45, 2.75) is 50.4 Å². The van der Waals surface area contributed by atoms with Crippen molar-refractivity contribution < 1.29 is 23.5 Å². The van der Waals surface area contributed by atoms with Crippen LogP contribution in [-0.4, -0.2) is 68.3 Å². The number of likely N-dealkylation sites (tertiary alicyclic amines) is 1. The Kier molecular flexibility index (Phi) is 7.20. The van der Waals surface area contributed by atoms with Crippen LogP contribution in [0.3, 0.4) is 0 Å². The SMILES string of the molecule is COCCNC(=O)C[C@@H]1OC[C@@H]2[C@H]1[C@H](CC(=O)NC1CC1)CN2Cc1ccc(F)cc1. The van der Waals surface area contributed by atoms with Crippen LogP contribution in [0, 0.1) is 17.7 Å². The number of ether oxygens (including phenoxy) is 2. The normalized spacial score (nSPS) is 27.8. The smallest absolute Gasteiger partial charge is 0.222 e. The van der Waals surface area contributed by atoms with E-state index in [1.807, 2.05) is 0 Å². The molecule has 8 heteroatoms. The van der Waals surface area contributed by atoms with E-state index in [9.17, 15) is 14.0 Å². The Bertz CT molecular complexity index is 771. The number of carbonyl (C=O) groups is 2. The van der Waals surface area contributed by atoms with Crippen molar-refractivity contribution >= 4 is 11.8 Å². The molecule has 2 heterocycles. The molecule has 7 nitrogen and oxygen atoms in total. The Balaban J connectivity index is 1.42. The predicted octanol–water partition coefficient (Wildman–Crippen LogP) is 1.46. The summed E-state index contributed by atoms with van der Waals surface area (Å²) in [5, 5.41) is 5.95. The number of nitrogens with one attached hydrogen (secondary N) is 2. The van der Waals surface area contributed by atoms with Gasteiger partial charge in [-0.3, -0.25) is 14.5 Å². The molecule has 170 valence electrons. The van der Waals surface area contributed by atoms with E-state index in [-0.39, 0.29) is 48.0 Å². The first-order valence-corrected chi connectivity index (χ1v) is 11.2. The van der Waals surface area contributed by atoms with Crippen molar-refractivity contribution in [1.29, 1.82) is 0 Å². The summed E-state index contributed by atoms with van der Waals surface area (Å²) in [6, 6.07) is 7.04. The topological polar surface area (TPSA) is 79.9 Å². The molecule has 4 rings (SSSR count). The second-order valence-electron chi connectivity index (χ2n) is 8.93. The number of halogens is 1. The molecular weight excluding hydrogens is 401 g/mol. The minimum absolute atomic E-state index is 0.0548. The van der Waals surface area contributed by atoms with Gasteiger partial charge < -0.3 is 20.1 Å². The van der Waals surface area contributed by atoms with Gasteiger partial charge in [-0.2, -0.15) is 0 Å². The summed E-state index contributed by atoms with van der Waals surface area (Å²) in [5.41, 5.74) is 1.03. The molecular formula is C23H32FN3O4. The lowest BCUT2D eigenvalue weighted by Gasteiger charge is -2.23. The van der Waals surface area contributed by atoms with Crippen molar-refractivity contribution in [3.05, 3.63) is 35.6 Å². The highest BCUT2D eigenvalue weighted by atomic mass is 19.1. The lowest BCUT2D eigenvalue weighted by molar-refractivity contribution is -0.124. The third-order valence-corrected chi connectivity index (χ3v) is 6.54. The molecule has 0 unspecified atom stereocenters. The van der Waals surface area contributed by atoms with Crippen LogP contribution in [-0.2, 0) is 25.6 Å². The molecule has 2 aliphatic heterocycles. The zero-order chi connectivity index (χ0) is 21.8. The minimum atomic E-state index is -0.249. The molecule has 0 spiro atoms. The van der Waals surface area contributed by atoms with E-state index >= 15 is 0 Å². The Labute approximate surface area is 182 Å². The number of amides is 2. The average molecular weight is 434 g/mol. The van der Waals surface area contributed by atoms with Crippen LogP contribution in [0.4, 0.5) is 4.39 Å². The summed E-state index contributed by atoms with van der Waals surface area (Å²) in [5.74, 6) is 0.0365. The van der Waals surface area contributed by atoms with Crippen LogP contribution in [0.5, 0.6) is 0 Å². The van der Waals surface area contributed by atoms with Gasteiger partial charge in [-0.25, -0.2) is 4.39 Å². The number of carbonyl (C=O) groups excluding carboxylic acids is 2. The molecule has 0 radical (unpaired) electrons. The largest absolute Gasteiger partial charge is 0.383 e. The summed E-state index contributed by atoms with van der Waals surface area (Å²) in [4.78, 5) is 27.2. The van der Waals surface area contributed by atoms with E-state index in [2.05, 4.69) is 15.5 Å². The Morgan fingerprint density at radius 2 is 1.97 bits per heavy atom. The van der Waals surface area contributed by atoms with Crippen LogP contribution in [0.25, 0.3) is 0 Å². The molecule has 0 bridgehead atoms. The number of methoxy groups -OCH3 is 1. The minimum Gasteiger partial charge on any atom is -0.383 e. The van der Waals surface area contributed by atoms with Gasteiger partial charge in [0.15, 0.2) is 0 Å². The fourth-order valence-corrected chi connectivity index (χ4v) is 4.92. The van der Waals surface area contributed by atoms with Crippen LogP contribution < -0.4 is 10.6 Å². The second-order valence-corrected chi connectivity index (χ2v) is 8.93. The maximum atomic E-state index is 13.3. The lowest BCUT2D eigenvalue weighted by Crippen LogP contribution is -2.36. The molecule has 2 amide bonds. The molecule has 2 saturated heterocycles. The van der Waals surface area contributed by atoms with Crippen molar-refractivity contribution in [3.63, 3.8) is 0 Å². The molecule has 0 aromatic heterocycles. The molecule has 2 N–H and O–H groups in total. The first-order chi connectivity index (χ1) is 15.0. The first-order valence-electron chi connectivity index (χ1n) is 11.2. The molecule has 1 aromatic rings. The maximum Gasteiger partial charge on any atom is 0.222 e. The molecule has 4 atom stereocenters. The van der Waals surface area contributed by atoms with Crippen molar-refractivity contribution in [2.75, 3.05) is 33.4 Å². The molecule has 1 aliphatic carbocycles. The fraction of sp³-hybridized carbons (Fsp3) is 0.652. The van der Waals surface area contributed by atoms with Crippen LogP contribution >= 0.6 is 0 Å². The van der Waals surface area contributed by atoms with E-state index < -0.39 is 0 Å². The molecule has 31 heavy (non-hydrogen) atoms. The number of benzene rings is 1. The van der Waals surface area contributed by atoms with Gasteiger partial charge in [-0.1, -0.05) is 12.1 Å². The van der Waals surface area contributed by atoms with Crippen molar-refractivity contribution in [3.8, 4) is 0 Å². The molecule has 3 fully saturated rings. The Morgan fingerprint density at radius 1 is 1.19 bits per heavy atom. The summed E-state index contributed by atoms with van der Waals surface area (Å²) in [6.07, 6.45) is 2.65. The number of hydrogen-bond donors (Lipinski definition) is 2. The van der Waals surface area contributed by atoms with Gasteiger partial charge in [0.05, 0.1) is 25.7 Å². The zero-order valence-corrected chi connectivity index (χ0v) is 18.0. The standard InChI is InChI=1S/C23H32FN3O4/c1-30-9-8-25-21(28)11-20-23-16(10-22(29)26-18-6-7-18)13-27(19(23)14-31-20)12-15-2-4-17(24)5-3-15/h2-5,16,18-20,23H,6-14H2,1H3,(H,25,28)(H,26,29)/t16-,19-,20+,23-/m1/s1. The third kappa shape index (κ3) is 5.81. The summed E-state index contributed by atoms with van der Waals surface area (Å²) in [7, 11) is 1.60. The third-order valence-electron chi connectivity index (χ3n) is 6.54. The highest BCUT2D eigenvalue weighted by Gasteiger charge is 2.51. The Morgan fingerprint density at radius 3 is 2.68 bits per heavy atom. The summed E-state index contributed by atoms with van der Waals surface area (Å²) < 4.78 is 24.3. The maximum absolute atomic E-state index is 13.3. The number of nitrogens with zero attached hydrogens (tertiary/aromatic N) is 1. The van der Waals surface area contributed by atoms with Gasteiger partial charge in [0, 0.05) is 51.2 Å². The second kappa shape index (κ2) is 10.1. The molecule has 1 saturated carbocycles. The van der Waals surface area contributed by atoms with Gasteiger partial charge in [0.25, 0.3) is 0 Å². The highest BCUT2D eigenvalue weighted by Crippen LogP contribution is 2.42. The van der Waals surface area contributed by atoms with Crippen LogP contribution in [0.2, 0.25) is 0 Å². The van der Waals surface area contributed by atoms with E-state index in [1.54, 1.807) is 19.2 Å². The van der Waals surface area contributed by atoms with Crippen LogP contribution in [0.1, 0.15) is 31.2 Å². The van der Waals surface area contributed by atoms with E-state index in [4.69, 9.17) is 9.47 Å². The number of fused-ring (bicyclic) bond motifs is 1. The molecule has 1 aromatic carbocycles. The quantitative estimate of drug-likeness (QED) is 0.546. The van der Waals surface area contributed by atoms with E-state index in [0.717, 1.165) is 24.9 Å². The van der Waals surface area contributed by atoms with Gasteiger partial charge in [0.2, 0.25) is 11.8 Å². The summed E-state index contributed by atoms with van der Waals surface area (Å²) >= 11 is 0. The average Bonchev–Trinajstić information content (AvgIpc) is 3.35. The van der Waals surface area contributed by atoms with Gasteiger partial charge in [0.1, 0.15) is 5.82 Å². The fourth-order valence-electron chi connectivity index (χ4n) is 4.92.